The number of nitrogens with zero attached hydrogens (tertiary/aromatic N) is 1. The van der Waals surface area contributed by atoms with Crippen LogP contribution in [0.5, 0.6) is 0 Å². The van der Waals surface area contributed by atoms with E-state index in [1.54, 1.807) is 0 Å². The number of benzene rings is 12. The van der Waals surface area contributed by atoms with Crippen LogP contribution in [0.1, 0.15) is 22.3 Å². The SMILES string of the molecule is c1ccc(-c2cc3c(oc4cccc(N(c5ccc6ccccc6c5)c5ccc6ccccc6c5)c43)c3ccccc23)c(-c2ccc3c(c2)C2(c4ccccc4-c4ccccc42)c2ccccc2-3)c1. The first-order chi connectivity index (χ1) is 34.2. The third-order valence-electron chi connectivity index (χ3n) is 15.2. The molecular formula is C67H41NO. The molecule has 0 atom stereocenters. The average molecular weight is 876 g/mol. The summed E-state index contributed by atoms with van der Waals surface area (Å²) in [7, 11) is 0. The predicted molar refractivity (Wildman–Crippen MR) is 288 cm³/mol. The van der Waals surface area contributed by atoms with Crippen molar-refractivity contribution in [2.75, 3.05) is 4.90 Å². The molecule has 1 spiro atoms. The summed E-state index contributed by atoms with van der Waals surface area (Å²) in [6.45, 7) is 0. The van der Waals surface area contributed by atoms with Gasteiger partial charge in [-0.1, -0.05) is 200 Å². The molecule has 0 saturated carbocycles. The van der Waals surface area contributed by atoms with Crippen LogP contribution in [0.2, 0.25) is 0 Å². The first-order valence-corrected chi connectivity index (χ1v) is 23.9. The molecule has 1 aromatic heterocycles. The van der Waals surface area contributed by atoms with Crippen LogP contribution < -0.4 is 4.90 Å². The Bertz CT molecular complexity index is 4140. The average Bonchev–Trinajstić information content (AvgIpc) is 4.05. The molecule has 0 aliphatic heterocycles. The van der Waals surface area contributed by atoms with Gasteiger partial charge in [0, 0.05) is 22.1 Å². The molecule has 0 saturated heterocycles. The lowest BCUT2D eigenvalue weighted by Crippen LogP contribution is -2.25. The largest absolute Gasteiger partial charge is 0.455 e. The van der Waals surface area contributed by atoms with Gasteiger partial charge < -0.3 is 9.32 Å². The Balaban J connectivity index is 0.969. The Hall–Kier alpha value is -8.98. The van der Waals surface area contributed by atoms with Crippen molar-refractivity contribution in [3.05, 3.63) is 271 Å². The molecule has 0 amide bonds. The lowest BCUT2D eigenvalue weighted by molar-refractivity contribution is 0.672. The van der Waals surface area contributed by atoms with Gasteiger partial charge in [-0.2, -0.15) is 0 Å². The molecule has 0 unspecified atom stereocenters. The number of rotatable bonds is 5. The van der Waals surface area contributed by atoms with E-state index in [1.807, 2.05) is 0 Å². The van der Waals surface area contributed by atoms with Gasteiger partial charge in [-0.3, -0.25) is 0 Å². The van der Waals surface area contributed by atoms with E-state index in [0.29, 0.717) is 0 Å². The number of anilines is 3. The maximum Gasteiger partial charge on any atom is 0.143 e. The third-order valence-corrected chi connectivity index (χ3v) is 15.2. The van der Waals surface area contributed by atoms with Crippen LogP contribution in [0.15, 0.2) is 253 Å². The summed E-state index contributed by atoms with van der Waals surface area (Å²) in [6.07, 6.45) is 0. The molecule has 2 nitrogen and oxygen atoms in total. The highest BCUT2D eigenvalue weighted by atomic mass is 16.3. The van der Waals surface area contributed by atoms with Gasteiger partial charge in [-0.15, -0.1) is 0 Å². The van der Waals surface area contributed by atoms with Crippen molar-refractivity contribution in [1.82, 2.24) is 0 Å². The molecule has 13 aromatic rings. The third kappa shape index (κ3) is 5.37. The van der Waals surface area contributed by atoms with E-state index in [2.05, 4.69) is 254 Å². The highest BCUT2D eigenvalue weighted by molar-refractivity contribution is 6.23. The molecule has 1 heterocycles. The fourth-order valence-corrected chi connectivity index (χ4v) is 12.3. The summed E-state index contributed by atoms with van der Waals surface area (Å²) in [4.78, 5) is 2.41. The Labute approximate surface area is 399 Å². The number of hydrogen-bond donors (Lipinski definition) is 0. The highest BCUT2D eigenvalue weighted by Crippen LogP contribution is 2.63. The number of furan rings is 1. The number of hydrogen-bond acceptors (Lipinski definition) is 2. The molecule has 2 aliphatic carbocycles. The van der Waals surface area contributed by atoms with Gasteiger partial charge in [0.15, 0.2) is 0 Å². The molecule has 0 fully saturated rings. The van der Waals surface area contributed by atoms with E-state index >= 15 is 0 Å². The molecule has 69 heavy (non-hydrogen) atoms. The second-order valence-corrected chi connectivity index (χ2v) is 18.7. The summed E-state index contributed by atoms with van der Waals surface area (Å²) in [5.74, 6) is 0. The molecule has 12 aromatic carbocycles. The quantitative estimate of drug-likeness (QED) is 0.171. The van der Waals surface area contributed by atoms with Gasteiger partial charge >= 0.3 is 0 Å². The summed E-state index contributed by atoms with van der Waals surface area (Å²) in [6, 6.07) is 91.9. The zero-order chi connectivity index (χ0) is 45.2. The molecule has 0 N–H and O–H groups in total. The van der Waals surface area contributed by atoms with Crippen LogP contribution in [-0.2, 0) is 5.41 Å². The van der Waals surface area contributed by atoms with Crippen LogP contribution in [0.25, 0.3) is 98.8 Å². The van der Waals surface area contributed by atoms with Crippen molar-refractivity contribution in [3.63, 3.8) is 0 Å². The normalized spacial score (nSPS) is 13.0. The van der Waals surface area contributed by atoms with Crippen LogP contribution >= 0.6 is 0 Å². The van der Waals surface area contributed by atoms with Crippen LogP contribution in [-0.4, -0.2) is 0 Å². The predicted octanol–water partition coefficient (Wildman–Crippen LogP) is 18.2. The van der Waals surface area contributed by atoms with Gasteiger partial charge in [0.05, 0.1) is 16.5 Å². The summed E-state index contributed by atoms with van der Waals surface area (Å²) < 4.78 is 7.04. The van der Waals surface area contributed by atoms with Crippen molar-refractivity contribution < 1.29 is 4.42 Å². The first kappa shape index (κ1) is 38.2. The minimum Gasteiger partial charge on any atom is -0.455 e. The minimum atomic E-state index is -0.427. The lowest BCUT2D eigenvalue weighted by Gasteiger charge is -2.30. The first-order valence-electron chi connectivity index (χ1n) is 23.9. The second kappa shape index (κ2) is 14.5. The Morgan fingerprint density at radius 1 is 0.304 bits per heavy atom. The van der Waals surface area contributed by atoms with Crippen LogP contribution in [0.3, 0.4) is 0 Å². The zero-order valence-corrected chi connectivity index (χ0v) is 37.5. The zero-order valence-electron chi connectivity index (χ0n) is 37.5. The molecular weight excluding hydrogens is 835 g/mol. The van der Waals surface area contributed by atoms with Crippen LogP contribution in [0.4, 0.5) is 17.1 Å². The molecule has 0 bridgehead atoms. The van der Waals surface area contributed by atoms with Crippen molar-refractivity contribution >= 4 is 71.3 Å². The van der Waals surface area contributed by atoms with Crippen molar-refractivity contribution in [2.24, 2.45) is 0 Å². The van der Waals surface area contributed by atoms with Crippen LogP contribution in [0, 0.1) is 0 Å². The standard InChI is InChI=1S/C67H41NO/c1-3-18-44-38-47(35-32-42(44)16-1)68(48-36-33-43-17-2-4-19-45(43)39-48)63-30-15-31-64-65(63)58-41-57(51-22-7-8-26-56(51)66(58)69-64)50-21-6-5-20-49(50)46-34-37-55-54-25-11-14-29-61(54)67(62(55)40-46)59-27-12-9-23-52(59)53-24-10-13-28-60(53)67/h1-41H. The van der Waals surface area contributed by atoms with Gasteiger partial charge in [-0.25, -0.2) is 0 Å². The maximum atomic E-state index is 7.04. The highest BCUT2D eigenvalue weighted by Gasteiger charge is 2.51. The molecule has 0 radical (unpaired) electrons. The van der Waals surface area contributed by atoms with E-state index in [4.69, 9.17) is 4.42 Å². The summed E-state index contributed by atoms with van der Waals surface area (Å²) in [5.41, 5.74) is 19.9. The fraction of sp³-hybridized carbons (Fsp3) is 0.0149. The van der Waals surface area contributed by atoms with Gasteiger partial charge in [0.25, 0.3) is 0 Å². The van der Waals surface area contributed by atoms with E-state index in [-0.39, 0.29) is 0 Å². The van der Waals surface area contributed by atoms with Gasteiger partial charge in [0.1, 0.15) is 11.2 Å². The van der Waals surface area contributed by atoms with E-state index < -0.39 is 5.41 Å². The topological polar surface area (TPSA) is 16.4 Å². The second-order valence-electron chi connectivity index (χ2n) is 18.7. The maximum absolute atomic E-state index is 7.04. The van der Waals surface area contributed by atoms with Gasteiger partial charge in [0.2, 0.25) is 0 Å². The van der Waals surface area contributed by atoms with E-state index in [1.165, 1.54) is 88.3 Å². The molecule has 2 aliphatic rings. The lowest BCUT2D eigenvalue weighted by atomic mass is 9.70. The smallest absolute Gasteiger partial charge is 0.143 e. The van der Waals surface area contributed by atoms with E-state index in [0.717, 1.165) is 49.8 Å². The Morgan fingerprint density at radius 3 is 1.43 bits per heavy atom. The summed E-state index contributed by atoms with van der Waals surface area (Å²) >= 11 is 0. The monoisotopic (exact) mass is 875 g/mol. The van der Waals surface area contributed by atoms with Crippen molar-refractivity contribution in [3.8, 4) is 44.5 Å². The fourth-order valence-electron chi connectivity index (χ4n) is 12.3. The molecule has 15 rings (SSSR count). The van der Waals surface area contributed by atoms with E-state index in [9.17, 15) is 0 Å². The van der Waals surface area contributed by atoms with Gasteiger partial charge in [-0.05, 0) is 142 Å². The molecule has 2 heteroatoms. The van der Waals surface area contributed by atoms with Crippen molar-refractivity contribution in [1.29, 1.82) is 0 Å². The summed E-state index contributed by atoms with van der Waals surface area (Å²) in [5, 5.41) is 9.21. The minimum absolute atomic E-state index is 0.427. The Kier molecular flexibility index (Phi) is 8.02. The van der Waals surface area contributed by atoms with Crippen molar-refractivity contribution in [2.45, 2.75) is 5.41 Å². The number of fused-ring (bicyclic) bond motifs is 17. The Morgan fingerprint density at radius 2 is 0.812 bits per heavy atom. The molecule has 320 valence electrons.